The summed E-state index contributed by atoms with van der Waals surface area (Å²) in [6.07, 6.45) is 2.15. The SMILES string of the molecule is CCCN(CC)C(=S)NCCCOCC. The number of nitrogens with zero attached hydrogens (tertiary/aromatic N) is 1. The first kappa shape index (κ1) is 14.6. The Morgan fingerprint density at radius 3 is 2.60 bits per heavy atom. The van der Waals surface area contributed by atoms with Crippen LogP contribution in [0.1, 0.15) is 33.6 Å². The fourth-order valence-electron chi connectivity index (χ4n) is 1.30. The molecule has 0 atom stereocenters. The molecule has 0 spiro atoms. The van der Waals surface area contributed by atoms with Gasteiger partial charge in [-0.25, -0.2) is 0 Å². The number of hydrogen-bond acceptors (Lipinski definition) is 2. The second kappa shape index (κ2) is 10.2. The fourth-order valence-corrected chi connectivity index (χ4v) is 1.62. The fraction of sp³-hybridized carbons (Fsp3) is 0.909. The molecule has 0 aromatic rings. The zero-order valence-corrected chi connectivity index (χ0v) is 11.0. The van der Waals surface area contributed by atoms with Crippen LogP contribution in [0.2, 0.25) is 0 Å². The van der Waals surface area contributed by atoms with Crippen LogP contribution in [0.5, 0.6) is 0 Å². The van der Waals surface area contributed by atoms with Crippen molar-refractivity contribution in [1.29, 1.82) is 0 Å². The van der Waals surface area contributed by atoms with E-state index in [4.69, 9.17) is 17.0 Å². The molecule has 15 heavy (non-hydrogen) atoms. The molecule has 0 saturated carbocycles. The van der Waals surface area contributed by atoms with Crippen LogP contribution >= 0.6 is 12.2 Å². The maximum absolute atomic E-state index is 5.29. The molecule has 0 saturated heterocycles. The van der Waals surface area contributed by atoms with Gasteiger partial charge in [0.25, 0.3) is 0 Å². The van der Waals surface area contributed by atoms with E-state index in [2.05, 4.69) is 24.1 Å². The lowest BCUT2D eigenvalue weighted by molar-refractivity contribution is 0.145. The molecule has 0 bridgehead atoms. The molecule has 0 radical (unpaired) electrons. The second-order valence-electron chi connectivity index (χ2n) is 3.36. The number of rotatable bonds is 8. The van der Waals surface area contributed by atoms with Crippen molar-refractivity contribution in [3.05, 3.63) is 0 Å². The summed E-state index contributed by atoms with van der Waals surface area (Å²) >= 11 is 5.29. The summed E-state index contributed by atoms with van der Waals surface area (Å²) < 4.78 is 5.25. The smallest absolute Gasteiger partial charge is 0.168 e. The summed E-state index contributed by atoms with van der Waals surface area (Å²) in [4.78, 5) is 2.19. The van der Waals surface area contributed by atoms with Crippen molar-refractivity contribution in [1.82, 2.24) is 10.2 Å². The van der Waals surface area contributed by atoms with E-state index < -0.39 is 0 Å². The molecule has 0 heterocycles. The van der Waals surface area contributed by atoms with Crippen LogP contribution in [0, 0.1) is 0 Å². The van der Waals surface area contributed by atoms with Crippen LogP contribution in [0.4, 0.5) is 0 Å². The van der Waals surface area contributed by atoms with Gasteiger partial charge in [0.2, 0.25) is 0 Å². The highest BCUT2D eigenvalue weighted by molar-refractivity contribution is 7.80. The van der Waals surface area contributed by atoms with Crippen LogP contribution in [0.25, 0.3) is 0 Å². The average molecular weight is 232 g/mol. The molecule has 0 rings (SSSR count). The standard InChI is InChI=1S/C11H24N2OS/c1-4-9-13(5-2)11(15)12-8-7-10-14-6-3/h4-10H2,1-3H3,(H,12,15). The summed E-state index contributed by atoms with van der Waals surface area (Å²) in [6, 6.07) is 0. The molecule has 0 amide bonds. The third kappa shape index (κ3) is 7.56. The van der Waals surface area contributed by atoms with Crippen molar-refractivity contribution in [3.8, 4) is 0 Å². The first-order valence-corrected chi connectivity index (χ1v) is 6.27. The van der Waals surface area contributed by atoms with Gasteiger partial charge in [-0.15, -0.1) is 0 Å². The van der Waals surface area contributed by atoms with Crippen molar-refractivity contribution in [2.75, 3.05) is 32.8 Å². The van der Waals surface area contributed by atoms with E-state index in [0.29, 0.717) is 0 Å². The Morgan fingerprint density at radius 1 is 1.33 bits per heavy atom. The first-order chi connectivity index (χ1) is 7.26. The quantitative estimate of drug-likeness (QED) is 0.511. The lowest BCUT2D eigenvalue weighted by Crippen LogP contribution is -2.40. The lowest BCUT2D eigenvalue weighted by atomic mass is 10.4. The maximum Gasteiger partial charge on any atom is 0.168 e. The van der Waals surface area contributed by atoms with Gasteiger partial charge in [0.1, 0.15) is 0 Å². The monoisotopic (exact) mass is 232 g/mol. The van der Waals surface area contributed by atoms with Gasteiger partial charge >= 0.3 is 0 Å². The molecule has 0 aliphatic heterocycles. The molecule has 0 aliphatic carbocycles. The highest BCUT2D eigenvalue weighted by Crippen LogP contribution is 1.92. The van der Waals surface area contributed by atoms with Gasteiger partial charge in [-0.1, -0.05) is 6.92 Å². The van der Waals surface area contributed by atoms with Crippen LogP contribution in [0.3, 0.4) is 0 Å². The minimum Gasteiger partial charge on any atom is -0.382 e. The van der Waals surface area contributed by atoms with Crippen molar-refractivity contribution in [2.45, 2.75) is 33.6 Å². The van der Waals surface area contributed by atoms with Gasteiger partial charge in [0, 0.05) is 32.8 Å². The van der Waals surface area contributed by atoms with E-state index in [1.165, 1.54) is 0 Å². The normalized spacial score (nSPS) is 10.1. The molecule has 0 unspecified atom stereocenters. The molecule has 4 heteroatoms. The predicted octanol–water partition coefficient (Wildman–Crippen LogP) is 2.02. The van der Waals surface area contributed by atoms with E-state index >= 15 is 0 Å². The molecule has 3 nitrogen and oxygen atoms in total. The maximum atomic E-state index is 5.29. The van der Waals surface area contributed by atoms with Gasteiger partial charge in [0.05, 0.1) is 0 Å². The Labute approximate surface area is 99.2 Å². The predicted molar refractivity (Wildman–Crippen MR) is 69.2 cm³/mol. The van der Waals surface area contributed by atoms with Gasteiger partial charge in [-0.2, -0.15) is 0 Å². The van der Waals surface area contributed by atoms with Crippen LogP contribution in [-0.4, -0.2) is 42.9 Å². The van der Waals surface area contributed by atoms with Crippen molar-refractivity contribution in [3.63, 3.8) is 0 Å². The summed E-state index contributed by atoms with van der Waals surface area (Å²) in [5.41, 5.74) is 0. The number of thiocarbonyl (C=S) groups is 1. The highest BCUT2D eigenvalue weighted by atomic mass is 32.1. The van der Waals surface area contributed by atoms with Gasteiger partial charge < -0.3 is 15.0 Å². The minimum atomic E-state index is 0.793. The van der Waals surface area contributed by atoms with E-state index in [0.717, 1.165) is 50.8 Å². The van der Waals surface area contributed by atoms with E-state index in [9.17, 15) is 0 Å². The Morgan fingerprint density at radius 2 is 2.07 bits per heavy atom. The summed E-state index contributed by atoms with van der Waals surface area (Å²) in [7, 11) is 0. The highest BCUT2D eigenvalue weighted by Gasteiger charge is 2.04. The third-order valence-electron chi connectivity index (χ3n) is 2.11. The largest absolute Gasteiger partial charge is 0.382 e. The third-order valence-corrected chi connectivity index (χ3v) is 2.51. The molecule has 1 N–H and O–H groups in total. The molecule has 90 valence electrons. The minimum absolute atomic E-state index is 0.793. The number of ether oxygens (including phenoxy) is 1. The molecule has 0 fully saturated rings. The second-order valence-corrected chi connectivity index (χ2v) is 3.75. The Hall–Kier alpha value is -0.350. The average Bonchev–Trinajstić information content (AvgIpc) is 2.25. The molecular formula is C11H24N2OS. The molecule has 0 aliphatic rings. The number of nitrogens with one attached hydrogen (secondary N) is 1. The first-order valence-electron chi connectivity index (χ1n) is 5.86. The topological polar surface area (TPSA) is 24.5 Å². The zero-order chi connectivity index (χ0) is 11.5. The zero-order valence-electron chi connectivity index (χ0n) is 10.2. The van der Waals surface area contributed by atoms with Crippen molar-refractivity contribution in [2.24, 2.45) is 0 Å². The van der Waals surface area contributed by atoms with Gasteiger partial charge in [-0.3, -0.25) is 0 Å². The molecular weight excluding hydrogens is 208 g/mol. The molecule has 0 aromatic carbocycles. The van der Waals surface area contributed by atoms with Crippen molar-refractivity contribution < 1.29 is 4.74 Å². The Bertz CT molecular complexity index is 165. The lowest BCUT2D eigenvalue weighted by Gasteiger charge is -2.23. The number of hydrogen-bond donors (Lipinski definition) is 1. The van der Waals surface area contributed by atoms with E-state index in [1.54, 1.807) is 0 Å². The summed E-state index contributed by atoms with van der Waals surface area (Å²) in [5.74, 6) is 0. The van der Waals surface area contributed by atoms with E-state index in [-0.39, 0.29) is 0 Å². The van der Waals surface area contributed by atoms with Gasteiger partial charge in [0.15, 0.2) is 5.11 Å². The van der Waals surface area contributed by atoms with Crippen LogP contribution in [-0.2, 0) is 4.74 Å². The van der Waals surface area contributed by atoms with Gasteiger partial charge in [-0.05, 0) is 38.9 Å². The summed E-state index contributed by atoms with van der Waals surface area (Å²) in [6.45, 7) is 10.8. The Kier molecular flexibility index (Phi) is 9.94. The molecule has 0 aromatic heterocycles. The van der Waals surface area contributed by atoms with Crippen LogP contribution < -0.4 is 5.32 Å². The van der Waals surface area contributed by atoms with Crippen molar-refractivity contribution >= 4 is 17.3 Å². The van der Waals surface area contributed by atoms with E-state index in [1.807, 2.05) is 6.92 Å². The van der Waals surface area contributed by atoms with Crippen LogP contribution in [0.15, 0.2) is 0 Å². The Balaban J connectivity index is 3.53. The summed E-state index contributed by atoms with van der Waals surface area (Å²) in [5, 5.41) is 4.13.